The van der Waals surface area contributed by atoms with Gasteiger partial charge in [0.25, 0.3) is 5.56 Å². The van der Waals surface area contributed by atoms with Gasteiger partial charge in [0.1, 0.15) is 10.8 Å². The number of benzene rings is 2. The summed E-state index contributed by atoms with van der Waals surface area (Å²) < 4.78 is 8.97. The van der Waals surface area contributed by atoms with Crippen LogP contribution >= 0.6 is 11.3 Å². The third kappa shape index (κ3) is 4.19. The Bertz CT molecular complexity index is 1550. The number of piperidine rings is 1. The van der Waals surface area contributed by atoms with E-state index < -0.39 is 0 Å². The number of fused-ring (bicyclic) bond motifs is 2. The Morgan fingerprint density at radius 1 is 1.06 bits per heavy atom. The van der Waals surface area contributed by atoms with Gasteiger partial charge in [-0.1, -0.05) is 35.6 Å². The standard InChI is InChI=1S/C25H25N7O2S/c1-34-19-6-4-5-18(15-19)23-29-32-22(27-28-25(32)35-23)17-9-11-30(12-10-17)13-14-31-16-26-21-8-3-2-7-20(21)24(31)33/h2-8,15-17H,9-14H2,1H3. The van der Waals surface area contributed by atoms with Crippen LogP contribution in [0.5, 0.6) is 5.75 Å². The summed E-state index contributed by atoms with van der Waals surface area (Å²) in [5.41, 5.74) is 1.77. The molecule has 0 saturated carbocycles. The van der Waals surface area contributed by atoms with Gasteiger partial charge in [0.15, 0.2) is 5.82 Å². The molecule has 4 heterocycles. The van der Waals surface area contributed by atoms with Crippen LogP contribution < -0.4 is 10.3 Å². The summed E-state index contributed by atoms with van der Waals surface area (Å²) in [4.78, 5) is 20.4. The number of hydrogen-bond donors (Lipinski definition) is 0. The molecule has 6 rings (SSSR count). The Labute approximate surface area is 205 Å². The molecule has 35 heavy (non-hydrogen) atoms. The van der Waals surface area contributed by atoms with E-state index >= 15 is 0 Å². The van der Waals surface area contributed by atoms with Crippen molar-refractivity contribution < 1.29 is 4.74 Å². The van der Waals surface area contributed by atoms with Crippen molar-refractivity contribution in [2.45, 2.75) is 25.3 Å². The van der Waals surface area contributed by atoms with Crippen LogP contribution in [0.25, 0.3) is 26.4 Å². The average Bonchev–Trinajstić information content (AvgIpc) is 3.50. The molecule has 1 aliphatic heterocycles. The quantitative estimate of drug-likeness (QED) is 0.362. The Morgan fingerprint density at radius 2 is 1.91 bits per heavy atom. The molecule has 10 heteroatoms. The predicted molar refractivity (Wildman–Crippen MR) is 135 cm³/mol. The summed E-state index contributed by atoms with van der Waals surface area (Å²) in [7, 11) is 1.67. The SMILES string of the molecule is COc1cccc(-c2nn3c(C4CCN(CCn5cnc6ccccc6c5=O)CC4)nnc3s2)c1. The van der Waals surface area contributed by atoms with E-state index in [2.05, 4.69) is 20.1 Å². The molecule has 9 nitrogen and oxygen atoms in total. The van der Waals surface area contributed by atoms with Crippen LogP contribution in [0.2, 0.25) is 0 Å². The number of rotatable bonds is 6. The third-order valence-electron chi connectivity index (χ3n) is 6.67. The van der Waals surface area contributed by atoms with Crippen molar-refractivity contribution >= 4 is 27.2 Å². The molecule has 1 aliphatic rings. The highest BCUT2D eigenvalue weighted by atomic mass is 32.1. The lowest BCUT2D eigenvalue weighted by molar-refractivity contribution is 0.201. The van der Waals surface area contributed by atoms with Gasteiger partial charge in [-0.25, -0.2) is 4.98 Å². The smallest absolute Gasteiger partial charge is 0.261 e. The Balaban J connectivity index is 1.12. The maximum Gasteiger partial charge on any atom is 0.261 e. The molecule has 0 spiro atoms. The largest absolute Gasteiger partial charge is 0.497 e. The molecule has 3 aromatic heterocycles. The molecule has 5 aromatic rings. The van der Waals surface area contributed by atoms with Crippen LogP contribution in [-0.2, 0) is 6.54 Å². The third-order valence-corrected chi connectivity index (χ3v) is 7.62. The van der Waals surface area contributed by atoms with Crippen LogP contribution in [0.15, 0.2) is 59.7 Å². The van der Waals surface area contributed by atoms with Crippen LogP contribution in [-0.4, -0.2) is 61.0 Å². The van der Waals surface area contributed by atoms with Gasteiger partial charge in [-0.15, -0.1) is 10.2 Å². The fourth-order valence-electron chi connectivity index (χ4n) is 4.69. The van der Waals surface area contributed by atoms with E-state index in [-0.39, 0.29) is 5.56 Å². The molecule has 0 unspecified atom stereocenters. The van der Waals surface area contributed by atoms with Crippen molar-refractivity contribution in [3.8, 4) is 16.3 Å². The summed E-state index contributed by atoms with van der Waals surface area (Å²) >= 11 is 1.54. The number of nitrogens with zero attached hydrogens (tertiary/aromatic N) is 7. The summed E-state index contributed by atoms with van der Waals surface area (Å²) in [6, 6.07) is 15.4. The highest BCUT2D eigenvalue weighted by Crippen LogP contribution is 2.32. The van der Waals surface area contributed by atoms with E-state index in [1.807, 2.05) is 53.0 Å². The Kier molecular flexibility index (Phi) is 5.75. The predicted octanol–water partition coefficient (Wildman–Crippen LogP) is 3.45. The number of likely N-dealkylation sites (tertiary alicyclic amines) is 1. The highest BCUT2D eigenvalue weighted by molar-refractivity contribution is 7.19. The number of methoxy groups -OCH3 is 1. The first-order valence-electron chi connectivity index (χ1n) is 11.7. The fourth-order valence-corrected chi connectivity index (χ4v) is 5.53. The van der Waals surface area contributed by atoms with Gasteiger partial charge in [0.2, 0.25) is 4.96 Å². The lowest BCUT2D eigenvalue weighted by atomic mass is 9.96. The van der Waals surface area contributed by atoms with Crippen molar-refractivity contribution in [2.75, 3.05) is 26.7 Å². The Morgan fingerprint density at radius 3 is 2.77 bits per heavy atom. The second kappa shape index (κ2) is 9.20. The van der Waals surface area contributed by atoms with Gasteiger partial charge in [0, 0.05) is 24.6 Å². The molecule has 178 valence electrons. The van der Waals surface area contributed by atoms with Crippen LogP contribution in [0.1, 0.15) is 24.6 Å². The minimum atomic E-state index is 0.0201. The van der Waals surface area contributed by atoms with Gasteiger partial charge in [0.05, 0.1) is 24.3 Å². The zero-order valence-electron chi connectivity index (χ0n) is 19.4. The van der Waals surface area contributed by atoms with E-state index in [1.54, 1.807) is 18.0 Å². The molecule has 0 N–H and O–H groups in total. The molecule has 2 aromatic carbocycles. The Hall–Kier alpha value is -3.63. The van der Waals surface area contributed by atoms with Gasteiger partial charge >= 0.3 is 0 Å². The summed E-state index contributed by atoms with van der Waals surface area (Å²) in [5.74, 6) is 2.05. The second-order valence-electron chi connectivity index (χ2n) is 8.77. The van der Waals surface area contributed by atoms with E-state index in [4.69, 9.17) is 9.84 Å². The van der Waals surface area contributed by atoms with Crippen LogP contribution in [0, 0.1) is 0 Å². The first-order chi connectivity index (χ1) is 17.2. The minimum Gasteiger partial charge on any atom is -0.497 e. The van der Waals surface area contributed by atoms with Crippen molar-refractivity contribution in [2.24, 2.45) is 0 Å². The number of aromatic nitrogens is 6. The van der Waals surface area contributed by atoms with Crippen LogP contribution in [0.3, 0.4) is 0 Å². The molecule has 0 radical (unpaired) electrons. The van der Waals surface area contributed by atoms with E-state index in [1.165, 1.54) is 11.3 Å². The molecular formula is C25H25N7O2S. The first kappa shape index (κ1) is 21.9. The lowest BCUT2D eigenvalue weighted by Gasteiger charge is -2.30. The zero-order valence-corrected chi connectivity index (χ0v) is 20.2. The monoisotopic (exact) mass is 487 g/mol. The van der Waals surface area contributed by atoms with Crippen molar-refractivity contribution in [1.29, 1.82) is 0 Å². The number of para-hydroxylation sites is 1. The zero-order chi connectivity index (χ0) is 23.8. The average molecular weight is 488 g/mol. The van der Waals surface area contributed by atoms with Crippen LogP contribution in [0.4, 0.5) is 0 Å². The summed E-state index contributed by atoms with van der Waals surface area (Å²) in [6.45, 7) is 3.34. The second-order valence-corrected chi connectivity index (χ2v) is 9.72. The van der Waals surface area contributed by atoms with Crippen molar-refractivity contribution in [3.05, 3.63) is 71.0 Å². The molecule has 0 bridgehead atoms. The summed E-state index contributed by atoms with van der Waals surface area (Å²) in [5, 5.41) is 15.3. The molecular weight excluding hydrogens is 462 g/mol. The molecule has 1 saturated heterocycles. The minimum absolute atomic E-state index is 0.0201. The molecule has 0 aliphatic carbocycles. The van der Waals surface area contributed by atoms with Gasteiger partial charge in [-0.05, 0) is 50.2 Å². The van der Waals surface area contributed by atoms with Gasteiger partial charge in [-0.3, -0.25) is 9.36 Å². The highest BCUT2D eigenvalue weighted by Gasteiger charge is 2.26. The topological polar surface area (TPSA) is 90.4 Å². The van der Waals surface area contributed by atoms with E-state index in [0.29, 0.717) is 17.8 Å². The number of hydrogen-bond acceptors (Lipinski definition) is 8. The molecule has 1 fully saturated rings. The normalized spacial score (nSPS) is 15.2. The fraction of sp³-hybridized carbons (Fsp3) is 0.320. The lowest BCUT2D eigenvalue weighted by Crippen LogP contribution is -2.37. The molecule has 0 amide bonds. The van der Waals surface area contributed by atoms with E-state index in [9.17, 15) is 4.79 Å². The summed E-state index contributed by atoms with van der Waals surface area (Å²) in [6.07, 6.45) is 3.63. The van der Waals surface area contributed by atoms with Crippen molar-refractivity contribution in [1.82, 2.24) is 34.3 Å². The maximum atomic E-state index is 12.7. The van der Waals surface area contributed by atoms with E-state index in [0.717, 1.165) is 65.1 Å². The van der Waals surface area contributed by atoms with Gasteiger partial charge < -0.3 is 9.64 Å². The first-order valence-corrected chi connectivity index (χ1v) is 12.5. The number of ether oxygens (including phenoxy) is 1. The molecule has 0 atom stereocenters. The maximum absolute atomic E-state index is 12.7. The van der Waals surface area contributed by atoms with Gasteiger partial charge in [-0.2, -0.15) is 9.61 Å². The van der Waals surface area contributed by atoms with Crippen molar-refractivity contribution in [3.63, 3.8) is 0 Å².